The smallest absolute Gasteiger partial charge is 0.261 e. The molecule has 0 aliphatic carbocycles. The van der Waals surface area contributed by atoms with Crippen molar-refractivity contribution in [3.05, 3.63) is 59.4 Å². The van der Waals surface area contributed by atoms with Crippen molar-refractivity contribution in [3.63, 3.8) is 0 Å². The lowest BCUT2D eigenvalue weighted by atomic mass is 10.0. The second kappa shape index (κ2) is 9.09. The highest BCUT2D eigenvalue weighted by atomic mass is 32.2. The van der Waals surface area contributed by atoms with Gasteiger partial charge in [-0.1, -0.05) is 12.1 Å². The highest BCUT2D eigenvalue weighted by Gasteiger charge is 2.40. The first-order valence-corrected chi connectivity index (χ1v) is 10.8. The van der Waals surface area contributed by atoms with E-state index in [2.05, 4.69) is 0 Å². The minimum absolute atomic E-state index is 0.0818. The summed E-state index contributed by atoms with van der Waals surface area (Å²) in [5.74, 6) is -0.792. The number of amides is 1. The first kappa shape index (κ1) is 22.2. The van der Waals surface area contributed by atoms with Crippen molar-refractivity contribution in [3.8, 4) is 5.75 Å². The summed E-state index contributed by atoms with van der Waals surface area (Å²) >= 11 is 0. The quantitative estimate of drug-likeness (QED) is 0.467. The summed E-state index contributed by atoms with van der Waals surface area (Å²) in [5, 5.41) is 18.8. The van der Waals surface area contributed by atoms with Gasteiger partial charge in [-0.15, -0.1) is 0 Å². The molecule has 10 heteroatoms. The van der Waals surface area contributed by atoms with E-state index >= 15 is 0 Å². The number of carbonyl (C=O) groups is 1. The molecule has 0 unspecified atom stereocenters. The Morgan fingerprint density at radius 1 is 1.23 bits per heavy atom. The van der Waals surface area contributed by atoms with E-state index in [9.17, 15) is 22.7 Å². The Morgan fingerprint density at radius 2 is 1.93 bits per heavy atom. The van der Waals surface area contributed by atoms with Crippen molar-refractivity contribution in [1.82, 2.24) is 9.79 Å². The average Bonchev–Trinajstić information content (AvgIpc) is 2.74. The number of piperidine rings is 1. The van der Waals surface area contributed by atoms with Crippen LogP contribution in [-0.4, -0.2) is 47.6 Å². The average molecular weight is 438 g/mol. The number of hydroxylamine groups is 1. The summed E-state index contributed by atoms with van der Waals surface area (Å²) in [6.45, 7) is 1.51. The minimum Gasteiger partial charge on any atom is -0.489 e. The van der Waals surface area contributed by atoms with Crippen LogP contribution >= 0.6 is 0 Å². The third kappa shape index (κ3) is 4.62. The Bertz CT molecular complexity index is 1010. The maximum Gasteiger partial charge on any atom is 0.261 e. The summed E-state index contributed by atoms with van der Waals surface area (Å²) < 4.78 is 46.1. The normalized spacial score (nSPS) is 20.0. The van der Waals surface area contributed by atoms with Crippen LogP contribution in [0.1, 0.15) is 24.0 Å². The van der Waals surface area contributed by atoms with E-state index in [1.807, 2.05) is 0 Å². The van der Waals surface area contributed by atoms with Gasteiger partial charge in [0.15, 0.2) is 0 Å². The van der Waals surface area contributed by atoms with Crippen molar-refractivity contribution in [1.29, 1.82) is 0 Å². The Balaban J connectivity index is 1.76. The van der Waals surface area contributed by atoms with E-state index in [1.54, 1.807) is 19.1 Å². The number of β-amino-alcohol motifs (C(OH)–C–C–N with tert-alkyl or cyclic N) is 1. The van der Waals surface area contributed by atoms with E-state index in [-0.39, 0.29) is 36.7 Å². The summed E-state index contributed by atoms with van der Waals surface area (Å²) in [6, 6.07) is 9.16. The van der Waals surface area contributed by atoms with Crippen LogP contribution in [0.4, 0.5) is 4.39 Å². The number of rotatable bonds is 6. The molecular weight excluding hydrogens is 415 g/mol. The number of aliphatic hydroxyl groups is 1. The second-order valence-electron chi connectivity index (χ2n) is 7.08. The molecule has 3 N–H and O–H groups in total. The van der Waals surface area contributed by atoms with Gasteiger partial charge < -0.3 is 9.84 Å². The van der Waals surface area contributed by atoms with Gasteiger partial charge in [-0.2, -0.15) is 4.31 Å². The van der Waals surface area contributed by atoms with Crippen molar-refractivity contribution < 1.29 is 32.7 Å². The van der Waals surface area contributed by atoms with Gasteiger partial charge in [0.05, 0.1) is 11.0 Å². The Labute approximate surface area is 173 Å². The largest absolute Gasteiger partial charge is 0.489 e. The fraction of sp³-hybridized carbons (Fsp3) is 0.350. The standard InChI is InChI=1S/C20H23FN2O6S/c1-13-14(3-2-4-18(13)21)12-29-16-6-8-17(9-7-16)30(27,28)23-11-15(24)5-10-19(23)20(25)22-26/h2-4,6-9,15,19,24,26H,5,10-12H2,1H3,(H,22,25)/t15-,19-/m1/s1. The van der Waals surface area contributed by atoms with Crippen molar-refractivity contribution in [2.24, 2.45) is 0 Å². The number of sulfonamides is 1. The molecular formula is C20H23FN2O6S. The van der Waals surface area contributed by atoms with E-state index in [4.69, 9.17) is 9.94 Å². The fourth-order valence-corrected chi connectivity index (χ4v) is 4.99. The summed E-state index contributed by atoms with van der Waals surface area (Å²) in [6.07, 6.45) is -0.572. The molecule has 0 radical (unpaired) electrons. The molecule has 8 nitrogen and oxygen atoms in total. The molecule has 1 saturated heterocycles. The maximum absolute atomic E-state index is 13.6. The van der Waals surface area contributed by atoms with Gasteiger partial charge in [-0.25, -0.2) is 18.3 Å². The van der Waals surface area contributed by atoms with Crippen molar-refractivity contribution in [2.75, 3.05) is 6.54 Å². The molecule has 1 fully saturated rings. The van der Waals surface area contributed by atoms with E-state index in [1.165, 1.54) is 35.8 Å². The topological polar surface area (TPSA) is 116 Å². The molecule has 0 bridgehead atoms. The number of carbonyl (C=O) groups excluding carboxylic acids is 1. The van der Waals surface area contributed by atoms with E-state index in [0.717, 1.165) is 4.31 Å². The van der Waals surface area contributed by atoms with E-state index in [0.29, 0.717) is 16.9 Å². The predicted octanol–water partition coefficient (Wildman–Crippen LogP) is 1.73. The molecule has 1 amide bonds. The van der Waals surface area contributed by atoms with Crippen molar-refractivity contribution in [2.45, 2.75) is 43.4 Å². The van der Waals surface area contributed by atoms with Crippen LogP contribution in [0, 0.1) is 12.7 Å². The van der Waals surface area contributed by atoms with Crippen molar-refractivity contribution >= 4 is 15.9 Å². The third-order valence-corrected chi connectivity index (χ3v) is 7.02. The summed E-state index contributed by atoms with van der Waals surface area (Å²) in [7, 11) is -4.10. The van der Waals surface area contributed by atoms with E-state index < -0.39 is 28.1 Å². The van der Waals surface area contributed by atoms with Gasteiger partial charge in [-0.05, 0) is 61.2 Å². The van der Waals surface area contributed by atoms with Crippen LogP contribution in [0.15, 0.2) is 47.4 Å². The minimum atomic E-state index is -4.10. The Kier molecular flexibility index (Phi) is 6.71. The van der Waals surface area contributed by atoms with Gasteiger partial charge >= 0.3 is 0 Å². The lowest BCUT2D eigenvalue weighted by molar-refractivity contribution is -0.135. The molecule has 162 valence electrons. The zero-order valence-corrected chi connectivity index (χ0v) is 17.1. The van der Waals surface area contributed by atoms with Crippen LogP contribution in [0.5, 0.6) is 5.75 Å². The number of hydrogen-bond acceptors (Lipinski definition) is 6. The zero-order valence-electron chi connectivity index (χ0n) is 16.3. The molecule has 0 spiro atoms. The molecule has 0 aromatic heterocycles. The highest BCUT2D eigenvalue weighted by molar-refractivity contribution is 7.89. The van der Waals surface area contributed by atoms with Crippen LogP contribution in [0.2, 0.25) is 0 Å². The molecule has 30 heavy (non-hydrogen) atoms. The summed E-state index contributed by atoms with van der Waals surface area (Å²) in [5.41, 5.74) is 2.63. The van der Waals surface area contributed by atoms with Gasteiger partial charge in [0, 0.05) is 6.54 Å². The second-order valence-corrected chi connectivity index (χ2v) is 8.97. The third-order valence-electron chi connectivity index (χ3n) is 5.13. The number of benzene rings is 2. The fourth-order valence-electron chi connectivity index (χ4n) is 3.34. The molecule has 2 aromatic rings. The first-order valence-electron chi connectivity index (χ1n) is 9.34. The Morgan fingerprint density at radius 3 is 2.60 bits per heavy atom. The van der Waals surface area contributed by atoms with Gasteiger partial charge in [0.2, 0.25) is 10.0 Å². The number of hydrogen-bond donors (Lipinski definition) is 3. The number of aliphatic hydroxyl groups excluding tert-OH is 1. The molecule has 1 aliphatic rings. The lowest BCUT2D eigenvalue weighted by Gasteiger charge is -2.35. The molecule has 2 atom stereocenters. The van der Waals surface area contributed by atoms with Crippen LogP contribution < -0.4 is 10.2 Å². The zero-order chi connectivity index (χ0) is 21.9. The molecule has 2 aromatic carbocycles. The predicted molar refractivity (Wildman–Crippen MR) is 105 cm³/mol. The van der Waals surface area contributed by atoms with Gasteiger partial charge in [0.1, 0.15) is 24.2 Å². The summed E-state index contributed by atoms with van der Waals surface area (Å²) in [4.78, 5) is 11.8. The maximum atomic E-state index is 13.6. The SMILES string of the molecule is Cc1c(F)cccc1COc1ccc(S(=O)(=O)N2C[C@H](O)CC[C@@H]2C(=O)NO)cc1. The van der Waals surface area contributed by atoms with Gasteiger partial charge in [0.25, 0.3) is 5.91 Å². The number of nitrogens with one attached hydrogen (secondary N) is 1. The number of halogens is 1. The Hall–Kier alpha value is -2.53. The van der Waals surface area contributed by atoms with Crippen LogP contribution in [-0.2, 0) is 21.4 Å². The number of nitrogens with zero attached hydrogens (tertiary/aromatic N) is 1. The molecule has 0 saturated carbocycles. The van der Waals surface area contributed by atoms with Crippen LogP contribution in [0.3, 0.4) is 0 Å². The molecule has 1 aliphatic heterocycles. The molecule has 1 heterocycles. The lowest BCUT2D eigenvalue weighted by Crippen LogP contribution is -2.54. The first-order chi connectivity index (χ1) is 14.2. The highest BCUT2D eigenvalue weighted by Crippen LogP contribution is 2.27. The monoisotopic (exact) mass is 438 g/mol. The van der Waals surface area contributed by atoms with Crippen LogP contribution in [0.25, 0.3) is 0 Å². The van der Waals surface area contributed by atoms with Gasteiger partial charge in [-0.3, -0.25) is 10.0 Å². The molecule has 3 rings (SSSR count). The number of ether oxygens (including phenoxy) is 1.